The topological polar surface area (TPSA) is 83.5 Å². The molecule has 238 valence electrons. The van der Waals surface area contributed by atoms with Crippen LogP contribution in [0.15, 0.2) is 82.3 Å². The molecule has 2 aliphatic heterocycles. The number of fused-ring (bicyclic) bond motifs is 2. The van der Waals surface area contributed by atoms with Crippen LogP contribution < -0.4 is 19.9 Å². The summed E-state index contributed by atoms with van der Waals surface area (Å²) in [7, 11) is 1.65. The second-order valence-electron chi connectivity index (χ2n) is 10.1. The van der Waals surface area contributed by atoms with Crippen molar-refractivity contribution in [3.8, 4) is 11.5 Å². The van der Waals surface area contributed by atoms with Gasteiger partial charge in [0.05, 0.1) is 47.1 Å². The fourth-order valence-corrected chi connectivity index (χ4v) is 8.89. The van der Waals surface area contributed by atoms with Crippen molar-refractivity contribution in [2.45, 2.75) is 6.61 Å². The molecule has 2 aliphatic rings. The number of hydrogen-bond acceptors (Lipinski definition) is 10. The fraction of sp³-hybridized carbons (Fsp3) is 0.229. The van der Waals surface area contributed by atoms with E-state index in [4.69, 9.17) is 23.7 Å². The van der Waals surface area contributed by atoms with Gasteiger partial charge in [0, 0.05) is 17.5 Å². The van der Waals surface area contributed by atoms with E-state index in [0.29, 0.717) is 46.2 Å². The minimum Gasteiger partial charge on any atom is -0.491 e. The Balaban J connectivity index is 1.33. The SMILES string of the molecule is COCCOCCOCCOc1ccc2c(=C3SC=CS3)c3cc(OCc4ccc(C(=O)O)cc4)ccc3c(=C3SC=CS3)c2c1. The Hall–Kier alpha value is -3.03. The van der Waals surface area contributed by atoms with Crippen LogP contribution in [0.5, 0.6) is 11.5 Å². The van der Waals surface area contributed by atoms with E-state index in [-0.39, 0.29) is 5.56 Å². The Morgan fingerprint density at radius 1 is 0.609 bits per heavy atom. The first-order valence-electron chi connectivity index (χ1n) is 14.6. The number of carbonyl (C=O) groups is 1. The molecule has 0 bridgehead atoms. The van der Waals surface area contributed by atoms with Crippen LogP contribution in [0.25, 0.3) is 30.0 Å². The van der Waals surface area contributed by atoms with Crippen LogP contribution in [0.3, 0.4) is 0 Å². The zero-order valence-corrected chi connectivity index (χ0v) is 28.3. The summed E-state index contributed by atoms with van der Waals surface area (Å²) in [6.07, 6.45) is 0. The molecule has 0 radical (unpaired) electrons. The molecule has 0 fully saturated rings. The van der Waals surface area contributed by atoms with Gasteiger partial charge in [-0.1, -0.05) is 59.2 Å². The van der Waals surface area contributed by atoms with E-state index in [1.54, 1.807) is 78.4 Å². The van der Waals surface area contributed by atoms with Gasteiger partial charge in [0.2, 0.25) is 0 Å². The molecule has 6 rings (SSSR count). The fourth-order valence-electron chi connectivity index (χ4n) is 5.05. The van der Waals surface area contributed by atoms with Gasteiger partial charge >= 0.3 is 5.97 Å². The highest BCUT2D eigenvalue weighted by Crippen LogP contribution is 2.41. The summed E-state index contributed by atoms with van der Waals surface area (Å²) in [6.45, 7) is 3.41. The van der Waals surface area contributed by atoms with Crippen LogP contribution in [-0.4, -0.2) is 57.8 Å². The van der Waals surface area contributed by atoms with Crippen molar-refractivity contribution in [3.05, 3.63) is 104 Å². The minimum atomic E-state index is -0.942. The molecule has 0 aromatic heterocycles. The Morgan fingerprint density at radius 2 is 1.11 bits per heavy atom. The van der Waals surface area contributed by atoms with Crippen molar-refractivity contribution in [3.63, 3.8) is 0 Å². The van der Waals surface area contributed by atoms with Crippen LogP contribution in [0.1, 0.15) is 15.9 Å². The predicted molar refractivity (Wildman–Crippen MR) is 193 cm³/mol. The number of thioether (sulfide) groups is 4. The lowest BCUT2D eigenvalue weighted by Gasteiger charge is -2.14. The highest BCUT2D eigenvalue weighted by atomic mass is 32.2. The van der Waals surface area contributed by atoms with E-state index in [2.05, 4.69) is 45.9 Å². The van der Waals surface area contributed by atoms with Gasteiger partial charge < -0.3 is 28.8 Å². The second kappa shape index (κ2) is 16.2. The van der Waals surface area contributed by atoms with E-state index >= 15 is 0 Å². The average molecular weight is 693 g/mol. The molecule has 7 nitrogen and oxygen atoms in total. The molecule has 0 amide bonds. The van der Waals surface area contributed by atoms with Crippen molar-refractivity contribution < 1.29 is 33.6 Å². The zero-order valence-electron chi connectivity index (χ0n) is 25.1. The van der Waals surface area contributed by atoms with Crippen LogP contribution in [-0.2, 0) is 20.8 Å². The Morgan fingerprint density at radius 3 is 1.63 bits per heavy atom. The smallest absolute Gasteiger partial charge is 0.335 e. The maximum atomic E-state index is 11.2. The van der Waals surface area contributed by atoms with E-state index < -0.39 is 5.97 Å². The van der Waals surface area contributed by atoms with Crippen LogP contribution >= 0.6 is 47.0 Å². The van der Waals surface area contributed by atoms with Crippen LogP contribution in [0, 0.1) is 0 Å². The Bertz CT molecular complexity index is 1880. The number of carboxylic acids is 1. The minimum absolute atomic E-state index is 0.256. The summed E-state index contributed by atoms with van der Waals surface area (Å²) >= 11 is 6.93. The van der Waals surface area contributed by atoms with E-state index in [1.165, 1.54) is 18.9 Å². The summed E-state index contributed by atoms with van der Waals surface area (Å²) in [5.41, 5.74) is 1.16. The number of aromatic carboxylic acids is 1. The lowest BCUT2D eigenvalue weighted by molar-refractivity contribution is 0.0180. The first-order chi connectivity index (χ1) is 22.6. The molecule has 0 spiro atoms. The molecular formula is C35H32O7S4. The molecule has 0 unspecified atom stereocenters. The van der Waals surface area contributed by atoms with Crippen molar-refractivity contribution in [2.24, 2.45) is 0 Å². The van der Waals surface area contributed by atoms with Gasteiger partial charge in [-0.15, -0.1) is 0 Å². The van der Waals surface area contributed by atoms with Crippen LogP contribution in [0.2, 0.25) is 0 Å². The lowest BCUT2D eigenvalue weighted by Crippen LogP contribution is -2.17. The van der Waals surface area contributed by atoms with Gasteiger partial charge in [0.15, 0.2) is 0 Å². The largest absolute Gasteiger partial charge is 0.491 e. The van der Waals surface area contributed by atoms with Gasteiger partial charge in [0.25, 0.3) is 0 Å². The third kappa shape index (κ3) is 7.91. The molecule has 0 atom stereocenters. The van der Waals surface area contributed by atoms with Crippen LogP contribution in [0.4, 0.5) is 0 Å². The summed E-state index contributed by atoms with van der Waals surface area (Å²) in [5, 5.41) is 24.6. The summed E-state index contributed by atoms with van der Waals surface area (Å²) in [4.78, 5) is 11.2. The quantitative estimate of drug-likeness (QED) is 0.106. The van der Waals surface area contributed by atoms with Crippen molar-refractivity contribution >= 4 is 83.0 Å². The third-order valence-corrected chi connectivity index (χ3v) is 11.4. The lowest BCUT2D eigenvalue weighted by atomic mass is 9.98. The first kappa shape index (κ1) is 32.9. The van der Waals surface area contributed by atoms with Gasteiger partial charge in [-0.3, -0.25) is 0 Å². The highest BCUT2D eigenvalue weighted by Gasteiger charge is 2.17. The molecular weight excluding hydrogens is 661 g/mol. The van der Waals surface area contributed by atoms with Crippen molar-refractivity contribution in [1.82, 2.24) is 0 Å². The predicted octanol–water partition coefficient (Wildman–Crippen LogP) is 7.36. The number of carboxylic acid groups (broad SMARTS) is 1. The van der Waals surface area contributed by atoms with E-state index in [9.17, 15) is 9.90 Å². The summed E-state index contributed by atoms with van der Waals surface area (Å²) < 4.78 is 31.0. The maximum absolute atomic E-state index is 11.2. The third-order valence-electron chi connectivity index (χ3n) is 7.19. The van der Waals surface area contributed by atoms with E-state index in [0.717, 1.165) is 38.6 Å². The molecule has 0 aliphatic carbocycles. The van der Waals surface area contributed by atoms with Crippen molar-refractivity contribution in [1.29, 1.82) is 0 Å². The second-order valence-corrected chi connectivity index (χ2v) is 14.3. The molecule has 46 heavy (non-hydrogen) atoms. The molecule has 4 aromatic rings. The normalized spacial score (nSPS) is 14.2. The monoisotopic (exact) mass is 692 g/mol. The number of rotatable bonds is 14. The van der Waals surface area contributed by atoms with E-state index in [1.807, 2.05) is 12.1 Å². The Kier molecular flexibility index (Phi) is 11.6. The zero-order chi connectivity index (χ0) is 31.7. The first-order valence-corrected chi connectivity index (χ1v) is 18.1. The molecule has 0 saturated carbocycles. The maximum Gasteiger partial charge on any atom is 0.335 e. The molecule has 1 N–H and O–H groups in total. The van der Waals surface area contributed by atoms with Gasteiger partial charge in [-0.2, -0.15) is 0 Å². The van der Waals surface area contributed by atoms with Crippen molar-refractivity contribution in [2.75, 3.05) is 46.8 Å². The van der Waals surface area contributed by atoms with Gasteiger partial charge in [-0.05, 0) is 97.3 Å². The highest BCUT2D eigenvalue weighted by molar-refractivity contribution is 8.35. The summed E-state index contributed by atoms with van der Waals surface area (Å²) in [5.74, 6) is 0.605. The summed E-state index contributed by atoms with van der Waals surface area (Å²) in [6, 6.07) is 19.4. The Labute approximate surface area is 284 Å². The number of ether oxygens (including phenoxy) is 5. The number of benzene rings is 4. The molecule has 11 heteroatoms. The average Bonchev–Trinajstić information content (AvgIpc) is 3.81. The standard InChI is InChI=1S/C35H32O7S4/c1-38-10-11-39-12-13-40-14-15-41-25-6-8-27-29(20-25)31(34-43-16-17-44-34)28-9-7-26(21-30(28)32(27)35-45-18-19-46-35)42-22-23-2-4-24(5-3-23)33(36)37/h2-9,16-21H,10-15,22H2,1H3,(H,36,37). The number of methoxy groups -OCH3 is 1. The van der Waals surface area contributed by atoms with Gasteiger partial charge in [-0.25, -0.2) is 4.79 Å². The molecule has 0 saturated heterocycles. The molecule has 4 aromatic carbocycles. The van der Waals surface area contributed by atoms with Gasteiger partial charge in [0.1, 0.15) is 24.7 Å². The molecule has 2 heterocycles. The number of hydrogen-bond donors (Lipinski definition) is 1.